The second kappa shape index (κ2) is 7.93. The molecule has 0 unspecified atom stereocenters. The first kappa shape index (κ1) is 18.2. The van der Waals surface area contributed by atoms with Crippen LogP contribution in [0.5, 0.6) is 0 Å². The molecule has 1 rings (SSSR count). The van der Waals surface area contributed by atoms with E-state index in [1.54, 1.807) is 0 Å². The first-order chi connectivity index (χ1) is 9.83. The molecule has 0 aromatic heterocycles. The average molecular weight is 322 g/mol. The van der Waals surface area contributed by atoms with Gasteiger partial charge in [0.2, 0.25) is 0 Å². The van der Waals surface area contributed by atoms with Crippen molar-refractivity contribution >= 4 is 8.80 Å². The van der Waals surface area contributed by atoms with Crippen molar-refractivity contribution in [1.29, 1.82) is 0 Å². The molecule has 0 aliphatic carbocycles. The predicted molar refractivity (Wildman–Crippen MR) is 75.4 cm³/mol. The molecule has 0 bridgehead atoms. The number of hydrogen-bond donors (Lipinski definition) is 0. The Hall–Kier alpha value is -0.893. The summed E-state index contributed by atoms with van der Waals surface area (Å²) in [5.74, 6) is -2.67. The van der Waals surface area contributed by atoms with Crippen LogP contribution in [-0.2, 0) is 19.7 Å². The molecule has 0 saturated carbocycles. The molecule has 120 valence electrons. The largest absolute Gasteiger partial charge is 0.500 e. The maximum Gasteiger partial charge on any atom is 0.500 e. The molecule has 0 aliphatic rings. The molecule has 0 N–H and O–H groups in total. The van der Waals surface area contributed by atoms with E-state index < -0.39 is 26.3 Å². The van der Waals surface area contributed by atoms with Gasteiger partial charge in [-0.2, -0.15) is 0 Å². The first-order valence-electron chi connectivity index (χ1n) is 6.75. The minimum Gasteiger partial charge on any atom is -0.377 e. The van der Waals surface area contributed by atoms with Crippen LogP contribution in [0, 0.1) is 17.5 Å². The predicted octanol–water partition coefficient (Wildman–Crippen LogP) is 3.69. The monoisotopic (exact) mass is 322 g/mol. The fourth-order valence-electron chi connectivity index (χ4n) is 2.09. The van der Waals surface area contributed by atoms with Gasteiger partial charge in [-0.1, -0.05) is 0 Å². The molecule has 0 amide bonds. The van der Waals surface area contributed by atoms with E-state index in [2.05, 4.69) is 0 Å². The van der Waals surface area contributed by atoms with E-state index in [4.69, 9.17) is 13.3 Å². The highest BCUT2D eigenvalue weighted by Crippen LogP contribution is 2.22. The second-order valence-corrected chi connectivity index (χ2v) is 7.88. The SMILES string of the molecule is CO[Si](CCCc1c(F)cc(F)cc1F)(OC)OC(C)C. The average Bonchev–Trinajstić information content (AvgIpc) is 2.40. The van der Waals surface area contributed by atoms with Crippen LogP contribution >= 0.6 is 0 Å². The topological polar surface area (TPSA) is 27.7 Å². The molecule has 1 aromatic rings. The van der Waals surface area contributed by atoms with Crippen LogP contribution in [0.1, 0.15) is 25.8 Å². The summed E-state index contributed by atoms with van der Waals surface area (Å²) < 4.78 is 56.4. The Morgan fingerprint density at radius 2 is 1.57 bits per heavy atom. The molecule has 3 nitrogen and oxygen atoms in total. The molecule has 0 saturated heterocycles. The summed E-state index contributed by atoms with van der Waals surface area (Å²) in [6.45, 7) is 3.72. The zero-order chi connectivity index (χ0) is 16.0. The highest BCUT2D eigenvalue weighted by atomic mass is 28.4. The van der Waals surface area contributed by atoms with Crippen molar-refractivity contribution in [1.82, 2.24) is 0 Å². The Morgan fingerprint density at radius 3 is 2.00 bits per heavy atom. The van der Waals surface area contributed by atoms with Crippen molar-refractivity contribution in [2.75, 3.05) is 14.2 Å². The van der Waals surface area contributed by atoms with Gasteiger partial charge in [0.1, 0.15) is 17.5 Å². The Bertz CT molecular complexity index is 442. The third kappa shape index (κ3) is 5.10. The summed E-state index contributed by atoms with van der Waals surface area (Å²) in [6, 6.07) is 1.79. The molecule has 21 heavy (non-hydrogen) atoms. The molecule has 7 heteroatoms. The lowest BCUT2D eigenvalue weighted by Gasteiger charge is -2.28. The quantitative estimate of drug-likeness (QED) is 0.683. The van der Waals surface area contributed by atoms with Gasteiger partial charge in [0, 0.05) is 44.1 Å². The van der Waals surface area contributed by atoms with Crippen LogP contribution in [0.3, 0.4) is 0 Å². The van der Waals surface area contributed by atoms with Crippen LogP contribution < -0.4 is 0 Å². The van der Waals surface area contributed by atoms with E-state index in [1.165, 1.54) is 14.2 Å². The van der Waals surface area contributed by atoms with Gasteiger partial charge in [0.15, 0.2) is 0 Å². The van der Waals surface area contributed by atoms with E-state index in [1.807, 2.05) is 13.8 Å². The lowest BCUT2D eigenvalue weighted by molar-refractivity contribution is 0.0695. The Labute approximate surface area is 124 Å². The molecule has 0 aliphatic heterocycles. The van der Waals surface area contributed by atoms with E-state index >= 15 is 0 Å². The molecule has 0 radical (unpaired) electrons. The van der Waals surface area contributed by atoms with Crippen molar-refractivity contribution in [2.45, 2.75) is 38.8 Å². The van der Waals surface area contributed by atoms with Crippen molar-refractivity contribution in [3.8, 4) is 0 Å². The van der Waals surface area contributed by atoms with Gasteiger partial charge in [0.05, 0.1) is 0 Å². The van der Waals surface area contributed by atoms with Gasteiger partial charge in [-0.3, -0.25) is 0 Å². The molecular weight excluding hydrogens is 301 g/mol. The van der Waals surface area contributed by atoms with Gasteiger partial charge in [-0.25, -0.2) is 13.2 Å². The summed E-state index contributed by atoms with van der Waals surface area (Å²) in [4.78, 5) is 0. The van der Waals surface area contributed by atoms with Crippen LogP contribution in [0.2, 0.25) is 6.04 Å². The van der Waals surface area contributed by atoms with Gasteiger partial charge < -0.3 is 13.3 Å². The summed E-state index contributed by atoms with van der Waals surface area (Å²) in [6.07, 6.45) is 0.469. The summed E-state index contributed by atoms with van der Waals surface area (Å²) in [5, 5.41) is 0. The normalized spacial score (nSPS) is 12.2. The molecule has 0 fully saturated rings. The van der Waals surface area contributed by atoms with Gasteiger partial charge >= 0.3 is 8.80 Å². The Balaban J connectivity index is 2.71. The van der Waals surface area contributed by atoms with Crippen LogP contribution in [0.4, 0.5) is 13.2 Å². The number of benzene rings is 1. The highest BCUT2D eigenvalue weighted by Gasteiger charge is 2.39. The number of rotatable bonds is 8. The number of hydrogen-bond acceptors (Lipinski definition) is 3. The number of halogens is 3. The lowest BCUT2D eigenvalue weighted by Crippen LogP contribution is -2.45. The van der Waals surface area contributed by atoms with Crippen LogP contribution in [-0.4, -0.2) is 29.1 Å². The minimum atomic E-state index is -2.83. The van der Waals surface area contributed by atoms with Crippen molar-refractivity contribution < 1.29 is 26.4 Å². The smallest absolute Gasteiger partial charge is 0.377 e. The summed E-state index contributed by atoms with van der Waals surface area (Å²) >= 11 is 0. The molecule has 1 aromatic carbocycles. The Morgan fingerprint density at radius 1 is 1.05 bits per heavy atom. The maximum atomic E-state index is 13.5. The standard InChI is InChI=1S/C14H21F3O3Si/c1-10(2)20-21(18-3,19-4)7-5-6-12-13(16)8-11(15)9-14(12)17/h8-10H,5-7H2,1-4H3. The second-order valence-electron chi connectivity index (χ2n) is 4.96. The zero-order valence-corrected chi connectivity index (χ0v) is 13.7. The van der Waals surface area contributed by atoms with Crippen LogP contribution in [0.25, 0.3) is 0 Å². The molecule has 0 heterocycles. The highest BCUT2D eigenvalue weighted by molar-refractivity contribution is 6.60. The van der Waals surface area contributed by atoms with E-state index in [0.717, 1.165) is 0 Å². The molecule has 0 spiro atoms. The Kier molecular flexibility index (Phi) is 6.86. The third-order valence-electron chi connectivity index (χ3n) is 3.05. The zero-order valence-electron chi connectivity index (χ0n) is 12.7. The van der Waals surface area contributed by atoms with E-state index in [9.17, 15) is 13.2 Å². The first-order valence-corrected chi connectivity index (χ1v) is 8.68. The van der Waals surface area contributed by atoms with Gasteiger partial charge in [0.25, 0.3) is 0 Å². The van der Waals surface area contributed by atoms with Gasteiger partial charge in [-0.15, -0.1) is 0 Å². The molecule has 0 atom stereocenters. The van der Waals surface area contributed by atoms with E-state index in [-0.39, 0.29) is 18.1 Å². The van der Waals surface area contributed by atoms with E-state index in [0.29, 0.717) is 24.6 Å². The maximum absolute atomic E-state index is 13.5. The lowest BCUT2D eigenvalue weighted by atomic mass is 10.1. The molecular formula is C14H21F3O3Si. The fraction of sp³-hybridized carbons (Fsp3) is 0.571. The van der Waals surface area contributed by atoms with Gasteiger partial charge in [-0.05, 0) is 26.7 Å². The van der Waals surface area contributed by atoms with Crippen molar-refractivity contribution in [2.24, 2.45) is 0 Å². The minimum absolute atomic E-state index is 0.0733. The summed E-state index contributed by atoms with van der Waals surface area (Å²) in [7, 11) is 0.169. The van der Waals surface area contributed by atoms with Crippen molar-refractivity contribution in [3.63, 3.8) is 0 Å². The van der Waals surface area contributed by atoms with Crippen LogP contribution in [0.15, 0.2) is 12.1 Å². The summed E-state index contributed by atoms with van der Waals surface area (Å²) in [5.41, 5.74) is -0.129. The third-order valence-corrected chi connectivity index (χ3v) is 6.09. The van der Waals surface area contributed by atoms with Crippen molar-refractivity contribution in [3.05, 3.63) is 35.1 Å². The fourth-order valence-corrected chi connectivity index (χ4v) is 4.31.